The number of rotatable bonds is 6. The fourth-order valence-corrected chi connectivity index (χ4v) is 5.68. The van der Waals surface area contributed by atoms with Crippen LogP contribution in [-0.4, -0.2) is 51.9 Å². The molecule has 0 radical (unpaired) electrons. The van der Waals surface area contributed by atoms with Gasteiger partial charge in [-0.3, -0.25) is 4.79 Å². The molecular weight excluding hydrogens is 428 g/mol. The number of nitrogens with zero attached hydrogens (tertiary/aromatic N) is 5. The number of hydrogen-bond donors (Lipinski definition) is 1. The Bertz CT molecular complexity index is 1230. The first-order valence-electron chi connectivity index (χ1n) is 10.8. The largest absolute Gasteiger partial charge is 0.322 e. The Morgan fingerprint density at radius 3 is 2.41 bits per heavy atom. The van der Waals surface area contributed by atoms with Crippen molar-refractivity contribution in [2.75, 3.05) is 18.4 Å². The minimum Gasteiger partial charge on any atom is -0.322 e. The molecule has 3 aromatic rings. The maximum Gasteiger partial charge on any atom is 0.257 e. The Labute approximate surface area is 186 Å². The maximum atomic E-state index is 13.2. The van der Waals surface area contributed by atoms with Gasteiger partial charge >= 0.3 is 0 Å². The summed E-state index contributed by atoms with van der Waals surface area (Å²) in [5.74, 6) is 0.236. The van der Waals surface area contributed by atoms with Gasteiger partial charge in [0.25, 0.3) is 5.91 Å². The average molecular weight is 453 g/mol. The summed E-state index contributed by atoms with van der Waals surface area (Å²) in [6, 6.07) is 13.9. The highest BCUT2D eigenvalue weighted by molar-refractivity contribution is 7.89. The van der Waals surface area contributed by atoms with E-state index in [9.17, 15) is 13.2 Å². The number of hydrogen-bond acceptors (Lipinski definition) is 6. The van der Waals surface area contributed by atoms with Gasteiger partial charge in [-0.25, -0.2) is 13.1 Å². The van der Waals surface area contributed by atoms with Crippen LogP contribution in [0.2, 0.25) is 0 Å². The van der Waals surface area contributed by atoms with Crippen LogP contribution in [0.4, 0.5) is 5.69 Å². The number of anilines is 1. The molecule has 1 saturated carbocycles. The first-order chi connectivity index (χ1) is 15.5. The summed E-state index contributed by atoms with van der Waals surface area (Å²) in [6.45, 7) is 0.972. The van der Waals surface area contributed by atoms with Crippen LogP contribution in [0.5, 0.6) is 0 Å². The van der Waals surface area contributed by atoms with Gasteiger partial charge in [0.05, 0.1) is 16.5 Å². The second-order valence-corrected chi connectivity index (χ2v) is 10.1. The van der Waals surface area contributed by atoms with E-state index >= 15 is 0 Å². The van der Waals surface area contributed by atoms with Crippen LogP contribution in [0, 0.1) is 0 Å². The number of carbonyl (C=O) groups is 1. The standard InChI is InChI=1S/C22H24N6O3S/c29-22(19-6-2-3-7-20(19)32(30,31)27-14-4-1-5-15-27)23-17-10-8-16(9-11-17)21-24-25-26-28(21)18-12-13-18/h2-3,6-11,18H,1,4-5,12-15H2,(H,23,29). The minimum atomic E-state index is -3.73. The first-order valence-corrected chi connectivity index (χ1v) is 12.3. The molecule has 1 aliphatic heterocycles. The molecule has 166 valence electrons. The Balaban J connectivity index is 1.36. The molecule has 32 heavy (non-hydrogen) atoms. The second-order valence-electron chi connectivity index (χ2n) is 8.17. The van der Waals surface area contributed by atoms with Crippen molar-refractivity contribution >= 4 is 21.6 Å². The summed E-state index contributed by atoms with van der Waals surface area (Å²) in [6.07, 6.45) is 4.85. The molecule has 10 heteroatoms. The Hall–Kier alpha value is -3.11. The van der Waals surface area contributed by atoms with Crippen molar-refractivity contribution in [3.8, 4) is 11.4 Å². The van der Waals surface area contributed by atoms with Crippen molar-refractivity contribution in [3.63, 3.8) is 0 Å². The van der Waals surface area contributed by atoms with Gasteiger partial charge in [0, 0.05) is 24.3 Å². The van der Waals surface area contributed by atoms with Crippen LogP contribution >= 0.6 is 0 Å². The molecule has 0 unspecified atom stereocenters. The number of aromatic nitrogens is 4. The number of carbonyl (C=O) groups excluding carboxylic acids is 1. The number of amides is 1. The average Bonchev–Trinajstić information content (AvgIpc) is 3.56. The van der Waals surface area contributed by atoms with Gasteiger partial charge in [-0.1, -0.05) is 18.6 Å². The normalized spacial score (nSPS) is 17.2. The Morgan fingerprint density at radius 1 is 0.969 bits per heavy atom. The second kappa shape index (κ2) is 8.44. The third-order valence-corrected chi connectivity index (χ3v) is 7.81. The van der Waals surface area contributed by atoms with E-state index in [1.807, 2.05) is 16.8 Å². The lowest BCUT2D eigenvalue weighted by atomic mass is 10.1. The van der Waals surface area contributed by atoms with E-state index in [0.29, 0.717) is 30.6 Å². The molecule has 0 atom stereocenters. The minimum absolute atomic E-state index is 0.0413. The summed E-state index contributed by atoms with van der Waals surface area (Å²) < 4.78 is 29.6. The van der Waals surface area contributed by atoms with Gasteiger partial charge < -0.3 is 5.32 Å². The maximum absolute atomic E-state index is 13.2. The van der Waals surface area contributed by atoms with Gasteiger partial charge in [0.2, 0.25) is 10.0 Å². The number of sulfonamides is 1. The lowest BCUT2D eigenvalue weighted by Crippen LogP contribution is -2.36. The van der Waals surface area contributed by atoms with Crippen LogP contribution in [0.15, 0.2) is 53.4 Å². The van der Waals surface area contributed by atoms with Crippen molar-refractivity contribution in [2.45, 2.75) is 43.0 Å². The highest BCUT2D eigenvalue weighted by atomic mass is 32.2. The van der Waals surface area contributed by atoms with E-state index in [2.05, 4.69) is 20.8 Å². The molecule has 0 spiro atoms. The molecule has 5 rings (SSSR count). The van der Waals surface area contributed by atoms with E-state index in [1.54, 1.807) is 30.3 Å². The summed E-state index contributed by atoms with van der Waals surface area (Å²) >= 11 is 0. The van der Waals surface area contributed by atoms with Gasteiger partial charge in [0.1, 0.15) is 0 Å². The van der Waals surface area contributed by atoms with Crippen molar-refractivity contribution in [2.24, 2.45) is 0 Å². The lowest BCUT2D eigenvalue weighted by Gasteiger charge is -2.26. The number of nitrogens with one attached hydrogen (secondary N) is 1. The van der Waals surface area contributed by atoms with E-state index < -0.39 is 15.9 Å². The smallest absolute Gasteiger partial charge is 0.257 e. The summed E-state index contributed by atoms with van der Waals surface area (Å²) in [5.41, 5.74) is 1.56. The highest BCUT2D eigenvalue weighted by Gasteiger charge is 2.30. The lowest BCUT2D eigenvalue weighted by molar-refractivity contribution is 0.102. The molecule has 1 aromatic heterocycles. The molecule has 1 amide bonds. The molecule has 2 fully saturated rings. The molecular formula is C22H24N6O3S. The summed E-state index contributed by atoms with van der Waals surface area (Å²) in [5, 5.41) is 14.8. The van der Waals surface area contributed by atoms with Crippen LogP contribution in [-0.2, 0) is 10.0 Å². The number of piperidine rings is 1. The third-order valence-electron chi connectivity index (χ3n) is 5.85. The molecule has 2 heterocycles. The first kappa shape index (κ1) is 20.8. The molecule has 2 aliphatic rings. The van der Waals surface area contributed by atoms with Gasteiger partial charge in [-0.15, -0.1) is 5.10 Å². The van der Waals surface area contributed by atoms with E-state index in [-0.39, 0.29) is 10.5 Å². The number of benzene rings is 2. The van der Waals surface area contributed by atoms with E-state index in [0.717, 1.165) is 37.7 Å². The highest BCUT2D eigenvalue weighted by Crippen LogP contribution is 2.36. The molecule has 1 N–H and O–H groups in total. The van der Waals surface area contributed by atoms with Crippen LogP contribution < -0.4 is 5.32 Å². The quantitative estimate of drug-likeness (QED) is 0.615. The summed E-state index contributed by atoms with van der Waals surface area (Å²) in [7, 11) is -3.73. The predicted octanol–water partition coefficient (Wildman–Crippen LogP) is 3.10. The fourth-order valence-electron chi connectivity index (χ4n) is 3.97. The van der Waals surface area contributed by atoms with Gasteiger partial charge in [0.15, 0.2) is 5.82 Å². The molecule has 2 aromatic carbocycles. The van der Waals surface area contributed by atoms with Gasteiger partial charge in [-0.05, 0) is 72.5 Å². The topological polar surface area (TPSA) is 110 Å². The van der Waals surface area contributed by atoms with E-state index in [4.69, 9.17) is 0 Å². The van der Waals surface area contributed by atoms with Crippen LogP contribution in [0.3, 0.4) is 0 Å². The fraction of sp³-hybridized carbons (Fsp3) is 0.364. The molecule has 1 saturated heterocycles. The van der Waals surface area contributed by atoms with Crippen molar-refractivity contribution in [3.05, 3.63) is 54.1 Å². The SMILES string of the molecule is O=C(Nc1ccc(-c2nnnn2C2CC2)cc1)c1ccccc1S(=O)(=O)N1CCCCC1. The molecule has 9 nitrogen and oxygen atoms in total. The molecule has 1 aliphatic carbocycles. The monoisotopic (exact) mass is 452 g/mol. The Morgan fingerprint density at radius 2 is 1.69 bits per heavy atom. The zero-order valence-corrected chi connectivity index (χ0v) is 18.3. The molecule has 0 bridgehead atoms. The van der Waals surface area contributed by atoms with Crippen LogP contribution in [0.1, 0.15) is 48.5 Å². The third kappa shape index (κ3) is 4.03. The predicted molar refractivity (Wildman–Crippen MR) is 119 cm³/mol. The zero-order chi connectivity index (χ0) is 22.1. The van der Waals surface area contributed by atoms with Crippen molar-refractivity contribution < 1.29 is 13.2 Å². The van der Waals surface area contributed by atoms with Crippen molar-refractivity contribution in [1.82, 2.24) is 24.5 Å². The van der Waals surface area contributed by atoms with Crippen LogP contribution in [0.25, 0.3) is 11.4 Å². The van der Waals surface area contributed by atoms with Crippen molar-refractivity contribution in [1.29, 1.82) is 0 Å². The van der Waals surface area contributed by atoms with Gasteiger partial charge in [-0.2, -0.15) is 4.31 Å². The zero-order valence-electron chi connectivity index (χ0n) is 17.5. The Kier molecular flexibility index (Phi) is 5.48. The van der Waals surface area contributed by atoms with E-state index in [1.165, 1.54) is 10.4 Å². The number of tetrazole rings is 1. The summed E-state index contributed by atoms with van der Waals surface area (Å²) in [4.78, 5) is 13.0.